The number of hydrogen-bond donors (Lipinski definition) is 0. The molecule has 2 atom stereocenters. The number of benzene rings is 1. The van der Waals surface area contributed by atoms with Gasteiger partial charge in [0.15, 0.2) is 0 Å². The average Bonchev–Trinajstić information content (AvgIpc) is 2.51. The Labute approximate surface area is 87.3 Å². The highest BCUT2D eigenvalue weighted by molar-refractivity contribution is 5.33. The maximum atomic E-state index is 2.38. The summed E-state index contributed by atoms with van der Waals surface area (Å²) in [7, 11) is 0. The van der Waals surface area contributed by atoms with Gasteiger partial charge in [0.05, 0.1) is 0 Å². The summed E-state index contributed by atoms with van der Waals surface area (Å²) in [5.41, 5.74) is 4.47. The topological polar surface area (TPSA) is 0 Å². The van der Waals surface area contributed by atoms with E-state index in [1.165, 1.54) is 30.4 Å². The van der Waals surface area contributed by atoms with Crippen LogP contribution >= 0.6 is 0 Å². The first-order valence-corrected chi connectivity index (χ1v) is 5.74. The highest BCUT2D eigenvalue weighted by atomic mass is 14.3. The Kier molecular flexibility index (Phi) is 2.62. The van der Waals surface area contributed by atoms with Gasteiger partial charge in [0.1, 0.15) is 0 Å². The van der Waals surface area contributed by atoms with E-state index in [1.54, 1.807) is 5.56 Å². The standard InChI is InChI=1S/C14H20/c1-10-5-7-14(12(3)8-10)13-6-4-11(2)9-13/h5,7-8,11,13H,4,6,9H2,1-3H3. The summed E-state index contributed by atoms with van der Waals surface area (Å²) in [6.07, 6.45) is 4.20. The molecule has 2 unspecified atom stereocenters. The second-order valence-electron chi connectivity index (χ2n) is 4.98. The zero-order chi connectivity index (χ0) is 10.1. The molecule has 1 aliphatic rings. The van der Waals surface area contributed by atoms with Crippen LogP contribution in [0.3, 0.4) is 0 Å². The van der Waals surface area contributed by atoms with Crippen LogP contribution in [0.25, 0.3) is 0 Å². The van der Waals surface area contributed by atoms with Gasteiger partial charge >= 0.3 is 0 Å². The molecule has 0 radical (unpaired) electrons. The molecule has 1 fully saturated rings. The normalized spacial score (nSPS) is 26.8. The van der Waals surface area contributed by atoms with Crippen molar-refractivity contribution in [3.8, 4) is 0 Å². The minimum absolute atomic E-state index is 0.839. The molecule has 2 rings (SSSR count). The molecule has 76 valence electrons. The van der Waals surface area contributed by atoms with Crippen molar-refractivity contribution in [2.45, 2.75) is 46.0 Å². The van der Waals surface area contributed by atoms with Gasteiger partial charge in [-0.3, -0.25) is 0 Å². The smallest absolute Gasteiger partial charge is 0.0157 e. The van der Waals surface area contributed by atoms with Crippen molar-refractivity contribution >= 4 is 0 Å². The summed E-state index contributed by atoms with van der Waals surface area (Å²) in [5, 5.41) is 0. The molecular weight excluding hydrogens is 168 g/mol. The molecule has 0 heteroatoms. The predicted molar refractivity (Wildman–Crippen MR) is 61.7 cm³/mol. The second-order valence-corrected chi connectivity index (χ2v) is 4.98. The Morgan fingerprint density at radius 3 is 2.50 bits per heavy atom. The highest BCUT2D eigenvalue weighted by Gasteiger charge is 2.23. The molecule has 0 aromatic heterocycles. The maximum absolute atomic E-state index is 2.38. The Balaban J connectivity index is 2.24. The first kappa shape index (κ1) is 9.76. The molecular formula is C14H20. The lowest BCUT2D eigenvalue weighted by Crippen LogP contribution is -1.97. The monoisotopic (exact) mass is 188 g/mol. The van der Waals surface area contributed by atoms with Crippen molar-refractivity contribution in [1.29, 1.82) is 0 Å². The van der Waals surface area contributed by atoms with Crippen LogP contribution in [0.5, 0.6) is 0 Å². The van der Waals surface area contributed by atoms with E-state index in [0.29, 0.717) is 0 Å². The molecule has 0 spiro atoms. The van der Waals surface area contributed by atoms with E-state index in [9.17, 15) is 0 Å². The van der Waals surface area contributed by atoms with Gasteiger partial charge in [-0.05, 0) is 49.7 Å². The SMILES string of the molecule is Cc1ccc(C2CCC(C)C2)c(C)c1. The molecule has 0 bridgehead atoms. The maximum Gasteiger partial charge on any atom is -0.0157 e. The van der Waals surface area contributed by atoms with Crippen molar-refractivity contribution in [1.82, 2.24) is 0 Å². The molecule has 14 heavy (non-hydrogen) atoms. The van der Waals surface area contributed by atoms with Crippen molar-refractivity contribution in [3.63, 3.8) is 0 Å². The zero-order valence-electron chi connectivity index (χ0n) is 9.51. The van der Waals surface area contributed by atoms with E-state index in [1.807, 2.05) is 0 Å². The molecule has 0 aliphatic heterocycles. The fourth-order valence-electron chi connectivity index (χ4n) is 2.77. The summed E-state index contributed by atoms with van der Waals surface area (Å²) in [6, 6.07) is 6.91. The molecule has 0 saturated heterocycles. The van der Waals surface area contributed by atoms with Gasteiger partial charge in [-0.25, -0.2) is 0 Å². The van der Waals surface area contributed by atoms with Gasteiger partial charge in [0, 0.05) is 0 Å². The number of rotatable bonds is 1. The lowest BCUT2D eigenvalue weighted by atomic mass is 9.92. The van der Waals surface area contributed by atoms with E-state index < -0.39 is 0 Å². The summed E-state index contributed by atoms with van der Waals surface area (Å²) >= 11 is 0. The molecule has 1 aliphatic carbocycles. The van der Waals surface area contributed by atoms with E-state index in [4.69, 9.17) is 0 Å². The molecule has 0 amide bonds. The lowest BCUT2D eigenvalue weighted by molar-refractivity contribution is 0.596. The van der Waals surface area contributed by atoms with Gasteiger partial charge in [-0.2, -0.15) is 0 Å². The molecule has 1 aromatic carbocycles. The van der Waals surface area contributed by atoms with Crippen molar-refractivity contribution in [2.24, 2.45) is 5.92 Å². The number of aryl methyl sites for hydroxylation is 2. The van der Waals surface area contributed by atoms with Crippen LogP contribution in [0.4, 0.5) is 0 Å². The second kappa shape index (κ2) is 3.76. The molecule has 0 N–H and O–H groups in total. The van der Waals surface area contributed by atoms with E-state index in [-0.39, 0.29) is 0 Å². The van der Waals surface area contributed by atoms with Crippen molar-refractivity contribution < 1.29 is 0 Å². The van der Waals surface area contributed by atoms with Crippen LogP contribution in [0.2, 0.25) is 0 Å². The quantitative estimate of drug-likeness (QED) is 0.619. The van der Waals surface area contributed by atoms with Gasteiger partial charge in [0.25, 0.3) is 0 Å². The van der Waals surface area contributed by atoms with E-state index in [0.717, 1.165) is 11.8 Å². The van der Waals surface area contributed by atoms with Crippen molar-refractivity contribution in [2.75, 3.05) is 0 Å². The van der Waals surface area contributed by atoms with Gasteiger partial charge in [0.2, 0.25) is 0 Å². The summed E-state index contributed by atoms with van der Waals surface area (Å²) in [4.78, 5) is 0. The minimum Gasteiger partial charge on any atom is -0.0625 e. The predicted octanol–water partition coefficient (Wildman–Crippen LogP) is 4.21. The highest BCUT2D eigenvalue weighted by Crippen LogP contribution is 2.39. The van der Waals surface area contributed by atoms with Gasteiger partial charge < -0.3 is 0 Å². The molecule has 0 nitrogen and oxygen atoms in total. The minimum atomic E-state index is 0.839. The van der Waals surface area contributed by atoms with Gasteiger partial charge in [-0.15, -0.1) is 0 Å². The van der Waals surface area contributed by atoms with Gasteiger partial charge in [-0.1, -0.05) is 37.1 Å². The fraction of sp³-hybridized carbons (Fsp3) is 0.571. The molecule has 0 heterocycles. The van der Waals surface area contributed by atoms with Crippen LogP contribution in [0.15, 0.2) is 18.2 Å². The van der Waals surface area contributed by atoms with Crippen LogP contribution in [0.1, 0.15) is 48.8 Å². The summed E-state index contributed by atoms with van der Waals surface area (Å²) < 4.78 is 0. The van der Waals surface area contributed by atoms with E-state index >= 15 is 0 Å². The Morgan fingerprint density at radius 2 is 1.93 bits per heavy atom. The largest absolute Gasteiger partial charge is 0.0625 e. The summed E-state index contributed by atoms with van der Waals surface area (Å²) in [5.74, 6) is 1.77. The Morgan fingerprint density at radius 1 is 1.14 bits per heavy atom. The van der Waals surface area contributed by atoms with Crippen LogP contribution in [-0.2, 0) is 0 Å². The average molecular weight is 188 g/mol. The first-order valence-electron chi connectivity index (χ1n) is 5.74. The third-order valence-electron chi connectivity index (χ3n) is 3.56. The van der Waals surface area contributed by atoms with Crippen molar-refractivity contribution in [3.05, 3.63) is 34.9 Å². The lowest BCUT2D eigenvalue weighted by Gasteiger charge is -2.13. The Hall–Kier alpha value is -0.780. The van der Waals surface area contributed by atoms with Crippen LogP contribution in [0, 0.1) is 19.8 Å². The third-order valence-corrected chi connectivity index (χ3v) is 3.56. The van der Waals surface area contributed by atoms with Crippen LogP contribution in [-0.4, -0.2) is 0 Å². The molecule has 1 aromatic rings. The molecule has 1 saturated carbocycles. The zero-order valence-corrected chi connectivity index (χ0v) is 9.51. The first-order chi connectivity index (χ1) is 6.66. The third kappa shape index (κ3) is 1.84. The number of hydrogen-bond acceptors (Lipinski definition) is 0. The van der Waals surface area contributed by atoms with Crippen LogP contribution < -0.4 is 0 Å². The van der Waals surface area contributed by atoms with E-state index in [2.05, 4.69) is 39.0 Å². The summed E-state index contributed by atoms with van der Waals surface area (Å²) in [6.45, 7) is 6.81. The fourth-order valence-corrected chi connectivity index (χ4v) is 2.77. The Bertz CT molecular complexity index is 325.